The molecule has 3 aromatic rings. The van der Waals surface area contributed by atoms with Gasteiger partial charge in [-0.15, -0.1) is 0 Å². The Balaban J connectivity index is 1.68. The lowest BCUT2D eigenvalue weighted by Crippen LogP contribution is -2.54. The van der Waals surface area contributed by atoms with E-state index in [0.29, 0.717) is 39.4 Å². The molecule has 1 heterocycles. The Bertz CT molecular complexity index is 1520. The summed E-state index contributed by atoms with van der Waals surface area (Å²) < 4.78 is 12.3. The molecular weight excluding hydrogens is 550 g/mol. The minimum Gasteiger partial charge on any atom is -0.490 e. The van der Waals surface area contributed by atoms with Gasteiger partial charge in [-0.2, -0.15) is 5.26 Å². The first-order chi connectivity index (χ1) is 18.2. The van der Waals surface area contributed by atoms with Gasteiger partial charge >= 0.3 is 6.03 Å². The number of anilines is 1. The highest BCUT2D eigenvalue weighted by Gasteiger charge is 2.37. The molecule has 8 nitrogen and oxygen atoms in total. The zero-order chi connectivity index (χ0) is 27.4. The number of hydrogen-bond donors (Lipinski definition) is 1. The van der Waals surface area contributed by atoms with Crippen LogP contribution in [0, 0.1) is 25.2 Å². The summed E-state index contributed by atoms with van der Waals surface area (Å²) in [4.78, 5) is 39.5. The number of benzene rings is 3. The molecule has 0 saturated carbocycles. The van der Waals surface area contributed by atoms with Crippen LogP contribution < -0.4 is 19.7 Å². The number of urea groups is 1. The number of carbonyl (C=O) groups is 3. The van der Waals surface area contributed by atoms with E-state index in [-0.39, 0.29) is 12.2 Å². The maximum absolute atomic E-state index is 13.3. The van der Waals surface area contributed by atoms with Crippen LogP contribution in [0.4, 0.5) is 10.5 Å². The van der Waals surface area contributed by atoms with Crippen LogP contribution in [0.25, 0.3) is 6.08 Å². The first-order valence-electron chi connectivity index (χ1n) is 11.8. The van der Waals surface area contributed by atoms with Crippen LogP contribution in [0.5, 0.6) is 11.5 Å². The van der Waals surface area contributed by atoms with Crippen LogP contribution >= 0.6 is 15.9 Å². The highest BCUT2D eigenvalue weighted by molar-refractivity contribution is 9.10. The second kappa shape index (κ2) is 11.3. The van der Waals surface area contributed by atoms with Crippen molar-refractivity contribution in [3.63, 3.8) is 0 Å². The van der Waals surface area contributed by atoms with E-state index in [2.05, 4.69) is 27.3 Å². The molecule has 1 aliphatic heterocycles. The van der Waals surface area contributed by atoms with Crippen LogP contribution in [0.15, 0.2) is 64.6 Å². The molecule has 9 heteroatoms. The summed E-state index contributed by atoms with van der Waals surface area (Å²) in [7, 11) is 0. The summed E-state index contributed by atoms with van der Waals surface area (Å²) in [6.45, 7) is 6.11. The standard InChI is InChI=1S/C29H24BrN3O5/c1-4-37-25-13-21(24(30)14-26(25)38-16-20-8-6-5-7-19(20)15-31)12-23-27(34)32-29(36)33(28(23)35)22-10-9-17(2)18(3)11-22/h5-14H,4,16H2,1-3H3,(H,32,34,36)/b23-12+. The quantitative estimate of drug-likeness (QED) is 0.292. The average molecular weight is 574 g/mol. The number of carbonyl (C=O) groups excluding carboxylic acids is 3. The third kappa shape index (κ3) is 5.45. The van der Waals surface area contributed by atoms with Crippen molar-refractivity contribution in [1.29, 1.82) is 5.26 Å². The predicted octanol–water partition coefficient (Wildman–Crippen LogP) is 5.58. The van der Waals surface area contributed by atoms with E-state index in [1.165, 1.54) is 6.08 Å². The van der Waals surface area contributed by atoms with Gasteiger partial charge in [-0.25, -0.2) is 9.69 Å². The number of aryl methyl sites for hydroxylation is 2. The molecule has 4 rings (SSSR count). The molecule has 0 aromatic heterocycles. The minimum atomic E-state index is -0.809. The van der Waals surface area contributed by atoms with Crippen molar-refractivity contribution in [3.8, 4) is 17.6 Å². The van der Waals surface area contributed by atoms with E-state index in [0.717, 1.165) is 21.6 Å². The molecule has 1 N–H and O–H groups in total. The van der Waals surface area contributed by atoms with Crippen molar-refractivity contribution in [2.24, 2.45) is 0 Å². The van der Waals surface area contributed by atoms with Gasteiger partial charge in [0.2, 0.25) is 0 Å². The van der Waals surface area contributed by atoms with Gasteiger partial charge < -0.3 is 9.47 Å². The maximum Gasteiger partial charge on any atom is 0.335 e. The number of amides is 4. The monoisotopic (exact) mass is 573 g/mol. The van der Waals surface area contributed by atoms with Gasteiger partial charge in [-0.3, -0.25) is 14.9 Å². The molecule has 0 unspecified atom stereocenters. The first-order valence-corrected chi connectivity index (χ1v) is 12.6. The minimum absolute atomic E-state index is 0.143. The molecule has 0 aliphatic carbocycles. The number of ether oxygens (including phenoxy) is 2. The lowest BCUT2D eigenvalue weighted by atomic mass is 10.0. The summed E-state index contributed by atoms with van der Waals surface area (Å²) in [6, 6.07) is 17.0. The normalized spacial score (nSPS) is 14.3. The Morgan fingerprint density at radius 2 is 1.74 bits per heavy atom. The van der Waals surface area contributed by atoms with Crippen molar-refractivity contribution in [3.05, 3.63) is 92.5 Å². The van der Waals surface area contributed by atoms with Crippen molar-refractivity contribution < 1.29 is 23.9 Å². The number of halogens is 1. The lowest BCUT2D eigenvalue weighted by molar-refractivity contribution is -0.122. The Kier molecular flexibility index (Phi) is 7.93. The fourth-order valence-electron chi connectivity index (χ4n) is 3.87. The first kappa shape index (κ1) is 26.6. The highest BCUT2D eigenvalue weighted by atomic mass is 79.9. The van der Waals surface area contributed by atoms with Crippen LogP contribution in [-0.2, 0) is 16.2 Å². The molecule has 1 saturated heterocycles. The Morgan fingerprint density at radius 1 is 1.00 bits per heavy atom. The zero-order valence-electron chi connectivity index (χ0n) is 21.0. The SMILES string of the molecule is CCOc1cc(/C=C2\C(=O)NC(=O)N(c3ccc(C)c(C)c3)C2=O)c(Br)cc1OCc1ccccc1C#N. The zero-order valence-corrected chi connectivity index (χ0v) is 22.6. The number of imide groups is 2. The molecule has 192 valence electrons. The molecule has 1 aliphatic rings. The van der Waals surface area contributed by atoms with Crippen molar-refractivity contribution in [1.82, 2.24) is 5.32 Å². The van der Waals surface area contributed by atoms with Gasteiger partial charge in [-0.05, 0) is 73.9 Å². The molecule has 0 spiro atoms. The van der Waals surface area contributed by atoms with Gasteiger partial charge in [0.25, 0.3) is 11.8 Å². The topological polar surface area (TPSA) is 109 Å². The van der Waals surface area contributed by atoms with Crippen LogP contribution in [0.2, 0.25) is 0 Å². The molecule has 4 amide bonds. The Hall–Kier alpha value is -4.42. The molecule has 38 heavy (non-hydrogen) atoms. The second-order valence-corrected chi connectivity index (χ2v) is 9.39. The number of nitriles is 1. The van der Waals surface area contributed by atoms with Gasteiger partial charge in [0.05, 0.1) is 23.9 Å². The lowest BCUT2D eigenvalue weighted by Gasteiger charge is -2.27. The summed E-state index contributed by atoms with van der Waals surface area (Å²) in [5, 5.41) is 11.6. The maximum atomic E-state index is 13.3. The van der Waals surface area contributed by atoms with E-state index in [1.807, 2.05) is 39.0 Å². The number of barbiturate groups is 1. The smallest absolute Gasteiger partial charge is 0.335 e. The van der Waals surface area contributed by atoms with Crippen LogP contribution in [0.3, 0.4) is 0 Å². The van der Waals surface area contributed by atoms with E-state index < -0.39 is 17.8 Å². The van der Waals surface area contributed by atoms with E-state index >= 15 is 0 Å². The average Bonchev–Trinajstić information content (AvgIpc) is 2.89. The van der Waals surface area contributed by atoms with Gasteiger partial charge in [-0.1, -0.05) is 40.2 Å². The summed E-state index contributed by atoms with van der Waals surface area (Å²) in [6.07, 6.45) is 1.40. The van der Waals surface area contributed by atoms with Crippen LogP contribution in [0.1, 0.15) is 34.7 Å². The molecule has 0 bridgehead atoms. The molecule has 3 aromatic carbocycles. The van der Waals surface area contributed by atoms with Gasteiger partial charge in [0.1, 0.15) is 12.2 Å². The van der Waals surface area contributed by atoms with Crippen molar-refractivity contribution in [2.75, 3.05) is 11.5 Å². The van der Waals surface area contributed by atoms with E-state index in [1.54, 1.807) is 36.4 Å². The number of nitrogens with one attached hydrogen (secondary N) is 1. The highest BCUT2D eigenvalue weighted by Crippen LogP contribution is 2.36. The van der Waals surface area contributed by atoms with Gasteiger partial charge in [0, 0.05) is 10.0 Å². The molecule has 0 atom stereocenters. The third-order valence-corrected chi connectivity index (χ3v) is 6.72. The molecule has 1 fully saturated rings. The Morgan fingerprint density at radius 3 is 2.45 bits per heavy atom. The number of hydrogen-bond acceptors (Lipinski definition) is 6. The van der Waals surface area contributed by atoms with Crippen molar-refractivity contribution >= 4 is 45.5 Å². The largest absolute Gasteiger partial charge is 0.490 e. The van der Waals surface area contributed by atoms with Gasteiger partial charge in [0.15, 0.2) is 11.5 Å². The van der Waals surface area contributed by atoms with Crippen LogP contribution in [-0.4, -0.2) is 24.5 Å². The fourth-order valence-corrected chi connectivity index (χ4v) is 4.30. The summed E-state index contributed by atoms with van der Waals surface area (Å²) in [5.41, 5.74) is 3.79. The van der Waals surface area contributed by atoms with E-state index in [9.17, 15) is 19.6 Å². The third-order valence-electron chi connectivity index (χ3n) is 6.03. The fraction of sp³-hybridized carbons (Fsp3) is 0.172. The predicted molar refractivity (Wildman–Crippen MR) is 146 cm³/mol. The summed E-state index contributed by atoms with van der Waals surface area (Å²) in [5.74, 6) is -0.721. The molecule has 0 radical (unpaired) electrons. The van der Waals surface area contributed by atoms with Crippen molar-refractivity contribution in [2.45, 2.75) is 27.4 Å². The second-order valence-electron chi connectivity index (χ2n) is 8.54. The van der Waals surface area contributed by atoms with E-state index in [4.69, 9.17) is 9.47 Å². The number of nitrogens with zero attached hydrogens (tertiary/aromatic N) is 2. The summed E-state index contributed by atoms with van der Waals surface area (Å²) >= 11 is 3.49. The Labute approximate surface area is 228 Å². The molecular formula is C29H24BrN3O5. The number of rotatable bonds is 7.